The van der Waals surface area contributed by atoms with Gasteiger partial charge in [-0.25, -0.2) is 0 Å². The van der Waals surface area contributed by atoms with Crippen LogP contribution in [0.1, 0.15) is 19.4 Å². The van der Waals surface area contributed by atoms with E-state index in [1.54, 1.807) is 0 Å². The highest BCUT2D eigenvalue weighted by molar-refractivity contribution is 5.63. The summed E-state index contributed by atoms with van der Waals surface area (Å²) in [5, 5.41) is 0. The largest absolute Gasteiger partial charge is 0.489 e. The molecule has 0 radical (unpaired) electrons. The van der Waals surface area contributed by atoms with Crippen LogP contribution in [-0.2, 0) is 0 Å². The smallest absolute Gasteiger partial charge is 0.154 e. The van der Waals surface area contributed by atoms with Crippen LogP contribution < -0.4 is 15.2 Å². The van der Waals surface area contributed by atoms with Crippen molar-refractivity contribution in [2.45, 2.75) is 26.9 Å². The summed E-state index contributed by atoms with van der Waals surface area (Å²) in [4.78, 5) is 0. The Hall–Kier alpha value is -2.16. The number of anilines is 1. The summed E-state index contributed by atoms with van der Waals surface area (Å²) in [6, 6.07) is 13.4. The Labute approximate surface area is 114 Å². The Morgan fingerprint density at radius 2 is 1.53 bits per heavy atom. The molecule has 2 N–H and O–H groups in total. The normalized spacial score (nSPS) is 10.5. The van der Waals surface area contributed by atoms with E-state index in [0.717, 1.165) is 11.3 Å². The average molecular weight is 257 g/mol. The van der Waals surface area contributed by atoms with E-state index in [2.05, 4.69) is 0 Å². The third-order valence-electron chi connectivity index (χ3n) is 2.70. The molecule has 0 heterocycles. The molecule has 3 nitrogen and oxygen atoms in total. The van der Waals surface area contributed by atoms with Crippen molar-refractivity contribution in [3.8, 4) is 17.2 Å². The fourth-order valence-electron chi connectivity index (χ4n) is 1.76. The fourth-order valence-corrected chi connectivity index (χ4v) is 1.76. The predicted octanol–water partition coefficient (Wildman–Crippen LogP) is 4.16. The first-order valence-electron chi connectivity index (χ1n) is 6.36. The molecule has 2 aromatic rings. The first-order valence-corrected chi connectivity index (χ1v) is 6.36. The number of para-hydroxylation sites is 2. The molecule has 0 aromatic heterocycles. The van der Waals surface area contributed by atoms with Crippen LogP contribution in [-0.4, -0.2) is 6.10 Å². The van der Waals surface area contributed by atoms with Gasteiger partial charge in [0.15, 0.2) is 5.75 Å². The summed E-state index contributed by atoms with van der Waals surface area (Å²) in [7, 11) is 0. The van der Waals surface area contributed by atoms with E-state index in [1.807, 2.05) is 63.2 Å². The van der Waals surface area contributed by atoms with Crippen molar-refractivity contribution in [1.29, 1.82) is 0 Å². The van der Waals surface area contributed by atoms with Gasteiger partial charge in [0.1, 0.15) is 17.2 Å². The highest BCUT2D eigenvalue weighted by atomic mass is 16.5. The lowest BCUT2D eigenvalue weighted by atomic mass is 10.2. The van der Waals surface area contributed by atoms with E-state index >= 15 is 0 Å². The average Bonchev–Trinajstić information content (AvgIpc) is 2.36. The molecular weight excluding hydrogens is 238 g/mol. The van der Waals surface area contributed by atoms with Gasteiger partial charge in [0, 0.05) is 0 Å². The van der Waals surface area contributed by atoms with Gasteiger partial charge < -0.3 is 15.2 Å². The Balaban J connectivity index is 2.28. The molecule has 0 saturated heterocycles. The Kier molecular flexibility index (Phi) is 3.95. The summed E-state index contributed by atoms with van der Waals surface area (Å²) in [6.45, 7) is 5.93. The Bertz CT molecular complexity index is 564. The van der Waals surface area contributed by atoms with Crippen LogP contribution in [0.4, 0.5) is 5.69 Å². The number of nitrogens with two attached hydrogens (primary N) is 1. The molecule has 0 aliphatic carbocycles. The van der Waals surface area contributed by atoms with E-state index < -0.39 is 0 Å². The van der Waals surface area contributed by atoms with Crippen LogP contribution in [0, 0.1) is 6.92 Å². The van der Waals surface area contributed by atoms with Crippen LogP contribution in [0.3, 0.4) is 0 Å². The number of benzene rings is 2. The van der Waals surface area contributed by atoms with Crippen molar-refractivity contribution in [3.63, 3.8) is 0 Å². The quantitative estimate of drug-likeness (QED) is 0.836. The molecule has 0 spiro atoms. The summed E-state index contributed by atoms with van der Waals surface area (Å²) in [5.74, 6) is 2.07. The SMILES string of the molecule is Cc1ccccc1Oc1cccc(OC(C)C)c1N. The van der Waals surface area contributed by atoms with Gasteiger partial charge in [-0.05, 0) is 44.5 Å². The number of ether oxygens (including phenoxy) is 2. The van der Waals surface area contributed by atoms with Crippen LogP contribution >= 0.6 is 0 Å². The van der Waals surface area contributed by atoms with Crippen LogP contribution in [0.25, 0.3) is 0 Å². The van der Waals surface area contributed by atoms with Gasteiger partial charge in [0.25, 0.3) is 0 Å². The lowest BCUT2D eigenvalue weighted by molar-refractivity contribution is 0.243. The summed E-state index contributed by atoms with van der Waals surface area (Å²) in [6.07, 6.45) is 0.0796. The number of nitrogen functional groups attached to an aromatic ring is 1. The molecule has 0 aliphatic rings. The van der Waals surface area contributed by atoms with E-state index in [4.69, 9.17) is 15.2 Å². The molecule has 100 valence electrons. The van der Waals surface area contributed by atoms with Crippen LogP contribution in [0.15, 0.2) is 42.5 Å². The number of aryl methyl sites for hydroxylation is 1. The fraction of sp³-hybridized carbons (Fsp3) is 0.250. The second-order valence-electron chi connectivity index (χ2n) is 4.70. The first-order chi connectivity index (χ1) is 9.08. The number of hydrogen-bond acceptors (Lipinski definition) is 3. The minimum atomic E-state index is 0.0796. The lowest BCUT2D eigenvalue weighted by Crippen LogP contribution is -2.07. The van der Waals surface area contributed by atoms with Gasteiger partial charge in [-0.15, -0.1) is 0 Å². The topological polar surface area (TPSA) is 44.5 Å². The molecule has 2 rings (SSSR count). The van der Waals surface area contributed by atoms with Gasteiger partial charge in [-0.3, -0.25) is 0 Å². The highest BCUT2D eigenvalue weighted by Gasteiger charge is 2.10. The molecule has 19 heavy (non-hydrogen) atoms. The number of hydrogen-bond donors (Lipinski definition) is 1. The second kappa shape index (κ2) is 5.65. The van der Waals surface area contributed by atoms with Gasteiger partial charge in [-0.2, -0.15) is 0 Å². The van der Waals surface area contributed by atoms with Crippen molar-refractivity contribution < 1.29 is 9.47 Å². The van der Waals surface area contributed by atoms with Crippen molar-refractivity contribution in [1.82, 2.24) is 0 Å². The zero-order valence-corrected chi connectivity index (χ0v) is 11.5. The molecule has 0 saturated carbocycles. The van der Waals surface area contributed by atoms with Crippen molar-refractivity contribution >= 4 is 5.69 Å². The molecule has 0 unspecified atom stereocenters. The highest BCUT2D eigenvalue weighted by Crippen LogP contribution is 2.35. The summed E-state index contributed by atoms with van der Waals surface area (Å²) >= 11 is 0. The standard InChI is InChI=1S/C16H19NO2/c1-11(2)18-14-9-6-10-15(16(14)17)19-13-8-5-4-7-12(13)3/h4-11H,17H2,1-3H3. The zero-order chi connectivity index (χ0) is 13.8. The van der Waals surface area contributed by atoms with Crippen molar-refractivity contribution in [3.05, 3.63) is 48.0 Å². The third kappa shape index (κ3) is 3.19. The molecule has 0 amide bonds. The lowest BCUT2D eigenvalue weighted by Gasteiger charge is -2.15. The van der Waals surface area contributed by atoms with Crippen molar-refractivity contribution in [2.75, 3.05) is 5.73 Å². The second-order valence-corrected chi connectivity index (χ2v) is 4.70. The first kappa shape index (κ1) is 13.3. The van der Waals surface area contributed by atoms with E-state index in [-0.39, 0.29) is 6.10 Å². The molecule has 0 bridgehead atoms. The maximum Gasteiger partial charge on any atom is 0.154 e. The van der Waals surface area contributed by atoms with Crippen LogP contribution in [0.2, 0.25) is 0 Å². The van der Waals surface area contributed by atoms with Gasteiger partial charge in [0.2, 0.25) is 0 Å². The molecule has 0 fully saturated rings. The zero-order valence-electron chi connectivity index (χ0n) is 11.5. The molecular formula is C16H19NO2. The van der Waals surface area contributed by atoms with Crippen LogP contribution in [0.5, 0.6) is 17.2 Å². The minimum absolute atomic E-state index is 0.0796. The summed E-state index contributed by atoms with van der Waals surface area (Å²) < 4.78 is 11.5. The molecule has 3 heteroatoms. The van der Waals surface area contributed by atoms with Crippen molar-refractivity contribution in [2.24, 2.45) is 0 Å². The van der Waals surface area contributed by atoms with E-state index in [1.165, 1.54) is 0 Å². The maximum absolute atomic E-state index is 6.08. The minimum Gasteiger partial charge on any atom is -0.489 e. The van der Waals surface area contributed by atoms with E-state index in [0.29, 0.717) is 17.2 Å². The third-order valence-corrected chi connectivity index (χ3v) is 2.70. The van der Waals surface area contributed by atoms with E-state index in [9.17, 15) is 0 Å². The van der Waals surface area contributed by atoms with Gasteiger partial charge in [-0.1, -0.05) is 24.3 Å². The molecule has 0 atom stereocenters. The Morgan fingerprint density at radius 3 is 2.21 bits per heavy atom. The molecule has 0 aliphatic heterocycles. The predicted molar refractivity (Wildman–Crippen MR) is 77.9 cm³/mol. The summed E-state index contributed by atoms with van der Waals surface area (Å²) in [5.41, 5.74) is 7.67. The van der Waals surface area contributed by atoms with Gasteiger partial charge in [0.05, 0.1) is 6.10 Å². The van der Waals surface area contributed by atoms with Gasteiger partial charge >= 0.3 is 0 Å². The maximum atomic E-state index is 6.08. The number of rotatable bonds is 4. The molecule has 2 aromatic carbocycles. The Morgan fingerprint density at radius 1 is 0.895 bits per heavy atom. The monoisotopic (exact) mass is 257 g/mol.